The minimum Gasteiger partial charge on any atom is -0.481 e. The van der Waals surface area contributed by atoms with Crippen LogP contribution in [0.4, 0.5) is 0 Å². The Kier molecular flexibility index (Phi) is 3.96. The molecule has 2 unspecified atom stereocenters. The highest BCUT2D eigenvalue weighted by atomic mass is 16.4. The number of hydrogen-bond acceptors (Lipinski definition) is 2. The summed E-state index contributed by atoms with van der Waals surface area (Å²) in [5, 5.41) is 8.97. The molecular formula is C10H17NO2. The number of carbonyl (C=O) groups is 1. The lowest BCUT2D eigenvalue weighted by Gasteiger charge is -2.22. The second-order valence-electron chi connectivity index (χ2n) is 3.54. The molecule has 3 N–H and O–H groups in total. The lowest BCUT2D eigenvalue weighted by Crippen LogP contribution is -2.26. The van der Waals surface area contributed by atoms with Crippen LogP contribution >= 0.6 is 0 Å². The molecule has 0 saturated heterocycles. The first-order valence-electron chi connectivity index (χ1n) is 4.85. The summed E-state index contributed by atoms with van der Waals surface area (Å²) < 4.78 is 0. The van der Waals surface area contributed by atoms with Crippen molar-refractivity contribution in [3.05, 3.63) is 12.2 Å². The summed E-state index contributed by atoms with van der Waals surface area (Å²) in [4.78, 5) is 10.9. The molecule has 0 aromatic rings. The van der Waals surface area contributed by atoms with Crippen molar-refractivity contribution in [1.82, 2.24) is 0 Å². The van der Waals surface area contributed by atoms with Crippen molar-refractivity contribution in [2.45, 2.75) is 25.7 Å². The molecule has 0 amide bonds. The molecule has 0 radical (unpaired) electrons. The second kappa shape index (κ2) is 5.02. The molecule has 2 atom stereocenters. The van der Waals surface area contributed by atoms with Gasteiger partial charge in [0.25, 0.3) is 0 Å². The van der Waals surface area contributed by atoms with E-state index in [1.54, 1.807) is 0 Å². The Bertz CT molecular complexity index is 201. The van der Waals surface area contributed by atoms with E-state index >= 15 is 0 Å². The van der Waals surface area contributed by atoms with E-state index in [1.807, 2.05) is 6.08 Å². The van der Waals surface area contributed by atoms with E-state index in [1.165, 1.54) is 0 Å². The topological polar surface area (TPSA) is 63.3 Å². The first kappa shape index (κ1) is 10.3. The van der Waals surface area contributed by atoms with Crippen molar-refractivity contribution in [2.24, 2.45) is 17.6 Å². The van der Waals surface area contributed by atoms with Crippen LogP contribution in [-0.2, 0) is 4.79 Å². The van der Waals surface area contributed by atoms with Gasteiger partial charge in [-0.25, -0.2) is 0 Å². The summed E-state index contributed by atoms with van der Waals surface area (Å²) >= 11 is 0. The summed E-state index contributed by atoms with van der Waals surface area (Å²) in [6.07, 6.45) is 7.90. The van der Waals surface area contributed by atoms with Gasteiger partial charge in [-0.2, -0.15) is 0 Å². The Morgan fingerprint density at radius 2 is 2.46 bits per heavy atom. The van der Waals surface area contributed by atoms with Crippen molar-refractivity contribution < 1.29 is 9.90 Å². The van der Waals surface area contributed by atoms with Crippen LogP contribution in [0.1, 0.15) is 25.7 Å². The number of carboxylic acid groups (broad SMARTS) is 1. The van der Waals surface area contributed by atoms with Crippen LogP contribution in [0.2, 0.25) is 0 Å². The molecule has 0 aromatic heterocycles. The summed E-state index contributed by atoms with van der Waals surface area (Å²) in [7, 11) is 0. The van der Waals surface area contributed by atoms with E-state index in [-0.39, 0.29) is 11.8 Å². The van der Waals surface area contributed by atoms with Gasteiger partial charge < -0.3 is 10.8 Å². The quantitative estimate of drug-likeness (QED) is 0.647. The number of nitrogens with two attached hydrogens (primary N) is 1. The number of carboxylic acids is 1. The molecule has 3 nitrogen and oxygen atoms in total. The van der Waals surface area contributed by atoms with Crippen molar-refractivity contribution in [2.75, 3.05) is 6.54 Å². The van der Waals surface area contributed by atoms with Crippen LogP contribution < -0.4 is 5.73 Å². The van der Waals surface area contributed by atoms with Gasteiger partial charge in [0, 0.05) is 0 Å². The molecule has 0 saturated carbocycles. The van der Waals surface area contributed by atoms with Gasteiger partial charge in [-0.15, -0.1) is 0 Å². The van der Waals surface area contributed by atoms with Crippen molar-refractivity contribution in [1.29, 1.82) is 0 Å². The van der Waals surface area contributed by atoms with Gasteiger partial charge in [-0.3, -0.25) is 4.79 Å². The molecule has 1 aliphatic rings. The fourth-order valence-electron chi connectivity index (χ4n) is 1.87. The first-order valence-corrected chi connectivity index (χ1v) is 4.85. The van der Waals surface area contributed by atoms with Crippen molar-refractivity contribution in [3.8, 4) is 0 Å². The zero-order valence-corrected chi connectivity index (χ0v) is 7.78. The maximum absolute atomic E-state index is 10.9. The van der Waals surface area contributed by atoms with Gasteiger partial charge >= 0.3 is 5.97 Å². The van der Waals surface area contributed by atoms with E-state index in [0.29, 0.717) is 13.0 Å². The summed E-state index contributed by atoms with van der Waals surface area (Å²) in [5.41, 5.74) is 5.39. The highest BCUT2D eigenvalue weighted by molar-refractivity contribution is 5.70. The fourth-order valence-corrected chi connectivity index (χ4v) is 1.87. The number of allylic oxidation sites excluding steroid dienone is 2. The number of aliphatic carboxylic acids is 1. The lowest BCUT2D eigenvalue weighted by molar-refractivity contribution is -0.143. The van der Waals surface area contributed by atoms with Gasteiger partial charge in [-0.1, -0.05) is 12.2 Å². The molecule has 0 aliphatic heterocycles. The molecule has 0 aromatic carbocycles. The highest BCUT2D eigenvalue weighted by Gasteiger charge is 2.25. The summed E-state index contributed by atoms with van der Waals surface area (Å²) in [6, 6.07) is 0. The minimum atomic E-state index is -0.706. The Morgan fingerprint density at radius 3 is 2.92 bits per heavy atom. The molecule has 13 heavy (non-hydrogen) atoms. The molecule has 0 spiro atoms. The first-order chi connectivity index (χ1) is 6.25. The van der Waals surface area contributed by atoms with Gasteiger partial charge in [-0.05, 0) is 38.1 Å². The lowest BCUT2D eigenvalue weighted by atomic mass is 9.83. The van der Waals surface area contributed by atoms with Gasteiger partial charge in [0.2, 0.25) is 0 Å². The van der Waals surface area contributed by atoms with Crippen LogP contribution in [0.5, 0.6) is 0 Å². The predicted molar refractivity (Wildman–Crippen MR) is 51.3 cm³/mol. The monoisotopic (exact) mass is 183 g/mol. The molecule has 0 heterocycles. The van der Waals surface area contributed by atoms with Crippen LogP contribution in [0.25, 0.3) is 0 Å². The molecule has 0 bridgehead atoms. The second-order valence-corrected chi connectivity index (χ2v) is 3.54. The normalized spacial score (nSPS) is 24.2. The zero-order valence-electron chi connectivity index (χ0n) is 7.78. The predicted octanol–water partition coefficient (Wildman–Crippen LogP) is 1.39. The Hall–Kier alpha value is -0.830. The third kappa shape index (κ3) is 2.84. The Labute approximate surface area is 78.6 Å². The van der Waals surface area contributed by atoms with Crippen molar-refractivity contribution in [3.63, 3.8) is 0 Å². The van der Waals surface area contributed by atoms with Gasteiger partial charge in [0.05, 0.1) is 5.92 Å². The van der Waals surface area contributed by atoms with Gasteiger partial charge in [0.15, 0.2) is 0 Å². The van der Waals surface area contributed by atoms with E-state index < -0.39 is 5.97 Å². The van der Waals surface area contributed by atoms with E-state index in [2.05, 4.69) is 6.08 Å². The molecule has 1 aliphatic carbocycles. The Balaban J connectivity index is 2.57. The number of hydrogen-bond donors (Lipinski definition) is 2. The zero-order chi connectivity index (χ0) is 9.68. The average Bonchev–Trinajstić information content (AvgIpc) is 2.15. The third-order valence-electron chi connectivity index (χ3n) is 2.60. The minimum absolute atomic E-state index is 0.204. The largest absolute Gasteiger partial charge is 0.481 e. The molecule has 74 valence electrons. The maximum Gasteiger partial charge on any atom is 0.307 e. The molecular weight excluding hydrogens is 166 g/mol. The molecule has 3 heteroatoms. The van der Waals surface area contributed by atoms with E-state index in [0.717, 1.165) is 19.3 Å². The highest BCUT2D eigenvalue weighted by Crippen LogP contribution is 2.26. The average molecular weight is 183 g/mol. The Morgan fingerprint density at radius 1 is 1.69 bits per heavy atom. The van der Waals surface area contributed by atoms with Crippen LogP contribution in [0.3, 0.4) is 0 Å². The molecule has 0 fully saturated rings. The van der Waals surface area contributed by atoms with Crippen LogP contribution in [0, 0.1) is 11.8 Å². The van der Waals surface area contributed by atoms with E-state index in [4.69, 9.17) is 10.8 Å². The fraction of sp³-hybridized carbons (Fsp3) is 0.700. The third-order valence-corrected chi connectivity index (χ3v) is 2.60. The summed E-state index contributed by atoms with van der Waals surface area (Å²) in [6.45, 7) is 0.460. The maximum atomic E-state index is 10.9. The van der Waals surface area contributed by atoms with Crippen molar-refractivity contribution >= 4 is 5.97 Å². The standard InChI is InChI=1S/C10H17NO2/c11-7-6-9(10(12)13)8-4-2-1-3-5-8/h2,4,8-9H,1,3,5-7,11H2,(H,12,13). The van der Waals surface area contributed by atoms with Crippen LogP contribution in [0.15, 0.2) is 12.2 Å². The van der Waals surface area contributed by atoms with E-state index in [9.17, 15) is 4.79 Å². The summed E-state index contributed by atoms with van der Waals surface area (Å²) in [5.74, 6) is -0.779. The molecule has 1 rings (SSSR count). The number of rotatable bonds is 4. The van der Waals surface area contributed by atoms with Gasteiger partial charge in [0.1, 0.15) is 0 Å². The smallest absolute Gasteiger partial charge is 0.307 e. The van der Waals surface area contributed by atoms with Crippen LogP contribution in [-0.4, -0.2) is 17.6 Å². The SMILES string of the molecule is NCCC(C(=O)O)C1C=CCCC1.